The summed E-state index contributed by atoms with van der Waals surface area (Å²) >= 11 is 0. The number of nitrogen functional groups attached to an aromatic ring is 1. The highest BCUT2D eigenvalue weighted by molar-refractivity contribution is 5.08. The third kappa shape index (κ3) is 2.57. The molecule has 0 atom stereocenters. The van der Waals surface area contributed by atoms with E-state index in [-0.39, 0.29) is 0 Å². The molecule has 0 saturated heterocycles. The Morgan fingerprint density at radius 3 is 2.82 bits per heavy atom. The van der Waals surface area contributed by atoms with Crippen molar-refractivity contribution in [3.05, 3.63) is 6.33 Å². The Labute approximate surface area is 66.4 Å². The predicted molar refractivity (Wildman–Crippen MR) is 43.9 cm³/mol. The van der Waals surface area contributed by atoms with Crippen LogP contribution in [0, 0.1) is 5.92 Å². The molecule has 0 bridgehead atoms. The van der Waals surface area contributed by atoms with Crippen LogP contribution in [0.5, 0.6) is 0 Å². The maximum Gasteiger partial charge on any atom is 0.239 e. The van der Waals surface area contributed by atoms with E-state index in [4.69, 9.17) is 5.73 Å². The molecule has 0 unspecified atom stereocenters. The predicted octanol–water partition coefficient (Wildman–Crippen LogP) is 0.906. The van der Waals surface area contributed by atoms with Gasteiger partial charge in [-0.05, 0) is 12.3 Å². The molecule has 0 amide bonds. The monoisotopic (exact) mass is 154 g/mol. The lowest BCUT2D eigenvalue weighted by molar-refractivity contribution is 0.487. The number of rotatable bonds is 3. The molecule has 2 N–H and O–H groups in total. The van der Waals surface area contributed by atoms with E-state index in [9.17, 15) is 0 Å². The fourth-order valence-corrected chi connectivity index (χ4v) is 0.807. The lowest BCUT2D eigenvalue weighted by Gasteiger charge is -2.02. The Morgan fingerprint density at radius 2 is 2.36 bits per heavy atom. The molecular formula is C7H14N4. The van der Waals surface area contributed by atoms with Crippen molar-refractivity contribution < 1.29 is 0 Å². The zero-order valence-electron chi connectivity index (χ0n) is 6.99. The van der Waals surface area contributed by atoms with Crippen molar-refractivity contribution in [2.24, 2.45) is 5.92 Å². The molecular weight excluding hydrogens is 140 g/mol. The molecule has 11 heavy (non-hydrogen) atoms. The number of hydrogen-bond donors (Lipinski definition) is 1. The van der Waals surface area contributed by atoms with Crippen LogP contribution in [0.15, 0.2) is 6.33 Å². The lowest BCUT2D eigenvalue weighted by Crippen LogP contribution is -2.02. The number of anilines is 1. The molecule has 4 nitrogen and oxygen atoms in total. The minimum absolute atomic E-state index is 0.355. The van der Waals surface area contributed by atoms with Gasteiger partial charge in [0.1, 0.15) is 6.33 Å². The maximum atomic E-state index is 5.34. The molecule has 0 fully saturated rings. The minimum atomic E-state index is 0.355. The van der Waals surface area contributed by atoms with Gasteiger partial charge < -0.3 is 5.73 Å². The van der Waals surface area contributed by atoms with Crippen molar-refractivity contribution in [1.82, 2.24) is 14.8 Å². The van der Waals surface area contributed by atoms with Gasteiger partial charge in [-0.1, -0.05) is 13.8 Å². The van der Waals surface area contributed by atoms with E-state index in [0.717, 1.165) is 13.0 Å². The summed E-state index contributed by atoms with van der Waals surface area (Å²) in [6.07, 6.45) is 2.78. The molecule has 62 valence electrons. The summed E-state index contributed by atoms with van der Waals surface area (Å²) in [4.78, 5) is 3.82. The number of nitrogens with zero attached hydrogens (tertiary/aromatic N) is 3. The summed E-state index contributed by atoms with van der Waals surface area (Å²) in [6.45, 7) is 5.27. The van der Waals surface area contributed by atoms with E-state index >= 15 is 0 Å². The fraction of sp³-hybridized carbons (Fsp3) is 0.714. The molecule has 1 rings (SSSR count). The number of aryl methyl sites for hydroxylation is 1. The highest BCUT2D eigenvalue weighted by atomic mass is 15.3. The molecule has 0 aliphatic carbocycles. The summed E-state index contributed by atoms with van der Waals surface area (Å²) < 4.78 is 1.77. The van der Waals surface area contributed by atoms with Gasteiger partial charge in [0.2, 0.25) is 5.95 Å². The van der Waals surface area contributed by atoms with Crippen molar-refractivity contribution in [3.63, 3.8) is 0 Å². The standard InChI is InChI=1S/C7H14N4/c1-6(2)3-4-11-5-9-7(8)10-11/h5-6H,3-4H2,1-2H3,(H2,8,10). The van der Waals surface area contributed by atoms with E-state index in [1.165, 1.54) is 0 Å². The smallest absolute Gasteiger partial charge is 0.239 e. The highest BCUT2D eigenvalue weighted by Gasteiger charge is 1.97. The van der Waals surface area contributed by atoms with Crippen LogP contribution in [-0.4, -0.2) is 14.8 Å². The first-order valence-corrected chi connectivity index (χ1v) is 3.83. The highest BCUT2D eigenvalue weighted by Crippen LogP contribution is 2.01. The molecule has 1 aromatic rings. The molecule has 0 spiro atoms. The second-order valence-electron chi connectivity index (χ2n) is 3.05. The molecule has 0 aliphatic rings. The topological polar surface area (TPSA) is 56.7 Å². The van der Waals surface area contributed by atoms with Crippen molar-refractivity contribution in [2.45, 2.75) is 26.8 Å². The number of hydrogen-bond acceptors (Lipinski definition) is 3. The van der Waals surface area contributed by atoms with Gasteiger partial charge in [0.15, 0.2) is 0 Å². The Balaban J connectivity index is 2.39. The zero-order valence-corrected chi connectivity index (χ0v) is 6.99. The quantitative estimate of drug-likeness (QED) is 0.704. The van der Waals surface area contributed by atoms with Crippen LogP contribution in [0.2, 0.25) is 0 Å². The van der Waals surface area contributed by atoms with Gasteiger partial charge in [-0.15, -0.1) is 5.10 Å². The SMILES string of the molecule is CC(C)CCn1cnc(N)n1. The average molecular weight is 154 g/mol. The Bertz CT molecular complexity index is 216. The van der Waals surface area contributed by atoms with Gasteiger partial charge in [0, 0.05) is 6.54 Å². The van der Waals surface area contributed by atoms with E-state index in [1.807, 2.05) is 0 Å². The summed E-state index contributed by atoms with van der Waals surface area (Å²) in [5, 5.41) is 3.97. The first-order valence-electron chi connectivity index (χ1n) is 3.83. The fourth-order valence-electron chi connectivity index (χ4n) is 0.807. The maximum absolute atomic E-state index is 5.34. The second-order valence-corrected chi connectivity index (χ2v) is 3.05. The first kappa shape index (κ1) is 8.04. The largest absolute Gasteiger partial charge is 0.367 e. The van der Waals surface area contributed by atoms with Crippen molar-refractivity contribution in [3.8, 4) is 0 Å². The third-order valence-corrected chi connectivity index (χ3v) is 1.49. The molecule has 0 radical (unpaired) electrons. The third-order valence-electron chi connectivity index (χ3n) is 1.49. The lowest BCUT2D eigenvalue weighted by atomic mass is 10.1. The Kier molecular flexibility index (Phi) is 2.46. The first-order chi connectivity index (χ1) is 5.18. The Hall–Kier alpha value is -1.06. The number of nitrogens with two attached hydrogens (primary N) is 1. The average Bonchev–Trinajstić information content (AvgIpc) is 2.31. The molecule has 0 aliphatic heterocycles. The van der Waals surface area contributed by atoms with E-state index < -0.39 is 0 Å². The van der Waals surface area contributed by atoms with Crippen LogP contribution in [0.4, 0.5) is 5.95 Å². The molecule has 0 saturated carbocycles. The van der Waals surface area contributed by atoms with Crippen molar-refractivity contribution in [1.29, 1.82) is 0 Å². The van der Waals surface area contributed by atoms with E-state index in [0.29, 0.717) is 11.9 Å². The van der Waals surface area contributed by atoms with Crippen LogP contribution in [0.25, 0.3) is 0 Å². The zero-order chi connectivity index (χ0) is 8.27. The van der Waals surface area contributed by atoms with E-state index in [2.05, 4.69) is 23.9 Å². The van der Waals surface area contributed by atoms with Crippen LogP contribution in [0.3, 0.4) is 0 Å². The van der Waals surface area contributed by atoms with Gasteiger partial charge in [0.25, 0.3) is 0 Å². The van der Waals surface area contributed by atoms with Crippen LogP contribution < -0.4 is 5.73 Å². The van der Waals surface area contributed by atoms with Gasteiger partial charge in [-0.2, -0.15) is 0 Å². The molecule has 1 aromatic heterocycles. The van der Waals surface area contributed by atoms with Gasteiger partial charge in [0.05, 0.1) is 0 Å². The van der Waals surface area contributed by atoms with Crippen molar-refractivity contribution in [2.75, 3.05) is 5.73 Å². The number of aromatic nitrogens is 3. The van der Waals surface area contributed by atoms with Gasteiger partial charge >= 0.3 is 0 Å². The van der Waals surface area contributed by atoms with Gasteiger partial charge in [-0.3, -0.25) is 4.68 Å². The van der Waals surface area contributed by atoms with Crippen LogP contribution >= 0.6 is 0 Å². The summed E-state index contributed by atoms with van der Waals surface area (Å²) in [5.41, 5.74) is 5.34. The normalized spacial score (nSPS) is 10.8. The van der Waals surface area contributed by atoms with Crippen LogP contribution in [0.1, 0.15) is 20.3 Å². The summed E-state index contributed by atoms with van der Waals surface area (Å²) in [7, 11) is 0. The summed E-state index contributed by atoms with van der Waals surface area (Å²) in [5.74, 6) is 1.05. The molecule has 4 heteroatoms. The van der Waals surface area contributed by atoms with Crippen molar-refractivity contribution >= 4 is 5.95 Å². The summed E-state index contributed by atoms with van der Waals surface area (Å²) in [6, 6.07) is 0. The second kappa shape index (κ2) is 3.37. The minimum Gasteiger partial charge on any atom is -0.367 e. The Morgan fingerprint density at radius 1 is 1.64 bits per heavy atom. The van der Waals surface area contributed by atoms with E-state index in [1.54, 1.807) is 11.0 Å². The van der Waals surface area contributed by atoms with Crippen LogP contribution in [-0.2, 0) is 6.54 Å². The molecule has 1 heterocycles. The van der Waals surface area contributed by atoms with Gasteiger partial charge in [-0.25, -0.2) is 4.98 Å². The molecule has 0 aromatic carbocycles.